The number of nitrogens with zero attached hydrogens (tertiary/aromatic N) is 2. The Morgan fingerprint density at radius 2 is 2.47 bits per heavy atom. The highest BCUT2D eigenvalue weighted by Crippen LogP contribution is 2.19. The quantitative estimate of drug-likeness (QED) is 0.798. The van der Waals surface area contributed by atoms with Gasteiger partial charge in [0.05, 0.1) is 5.69 Å². The van der Waals surface area contributed by atoms with E-state index in [4.69, 9.17) is 5.11 Å². The molecule has 5 heteroatoms. The molecule has 2 heterocycles. The summed E-state index contributed by atoms with van der Waals surface area (Å²) in [6, 6.07) is 5.49. The fourth-order valence-corrected chi connectivity index (χ4v) is 2.10. The van der Waals surface area contributed by atoms with Gasteiger partial charge in [-0.2, -0.15) is 0 Å². The molecule has 5 nitrogen and oxygen atoms in total. The minimum atomic E-state index is -0.789. The highest BCUT2D eigenvalue weighted by molar-refractivity contribution is 5.73. The molecule has 0 amide bonds. The largest absolute Gasteiger partial charge is 0.480 e. The molecule has 0 unspecified atom stereocenters. The predicted octanol–water partition coefficient (Wildman–Crippen LogP) is 0.501. The van der Waals surface area contributed by atoms with Gasteiger partial charge in [0.25, 0.3) is 0 Å². The molecule has 0 aromatic carbocycles. The Kier molecular flexibility index (Phi) is 3.71. The van der Waals surface area contributed by atoms with E-state index in [0.717, 1.165) is 12.2 Å². The minimum absolute atomic E-state index is 0.153. The van der Waals surface area contributed by atoms with Crippen molar-refractivity contribution in [2.45, 2.75) is 19.0 Å². The van der Waals surface area contributed by atoms with Crippen molar-refractivity contribution >= 4 is 5.97 Å². The molecule has 2 rings (SSSR count). The van der Waals surface area contributed by atoms with E-state index in [0.29, 0.717) is 13.1 Å². The van der Waals surface area contributed by atoms with Gasteiger partial charge in [-0.15, -0.1) is 0 Å². The Labute approximate surface area is 100 Å². The van der Waals surface area contributed by atoms with Crippen LogP contribution in [-0.2, 0) is 4.79 Å². The molecule has 0 radical (unpaired) electrons. The Hall–Kier alpha value is -1.46. The molecular weight excluding hydrogens is 218 g/mol. The lowest BCUT2D eigenvalue weighted by atomic mass is 10.1. The number of aromatic nitrogens is 1. The molecule has 1 aromatic rings. The highest BCUT2D eigenvalue weighted by Gasteiger charge is 2.28. The van der Waals surface area contributed by atoms with Crippen molar-refractivity contribution in [3.05, 3.63) is 30.1 Å². The van der Waals surface area contributed by atoms with Crippen LogP contribution in [-0.4, -0.2) is 46.6 Å². The van der Waals surface area contributed by atoms with Gasteiger partial charge in [0.15, 0.2) is 0 Å². The minimum Gasteiger partial charge on any atom is -0.480 e. The van der Waals surface area contributed by atoms with Crippen LogP contribution < -0.4 is 5.32 Å². The summed E-state index contributed by atoms with van der Waals surface area (Å²) in [7, 11) is 0. The summed E-state index contributed by atoms with van der Waals surface area (Å²) in [5, 5.41) is 12.0. The van der Waals surface area contributed by atoms with Crippen molar-refractivity contribution in [2.75, 3.05) is 19.6 Å². The number of rotatable bonds is 3. The predicted molar refractivity (Wildman–Crippen MR) is 63.7 cm³/mol. The lowest BCUT2D eigenvalue weighted by molar-refractivity contribution is -0.140. The first-order valence-electron chi connectivity index (χ1n) is 5.79. The van der Waals surface area contributed by atoms with Gasteiger partial charge in [-0.05, 0) is 19.1 Å². The normalized spacial score (nSPS) is 23.2. The summed E-state index contributed by atoms with van der Waals surface area (Å²) in [6.45, 7) is 4.13. The summed E-state index contributed by atoms with van der Waals surface area (Å²) in [5.74, 6) is -0.789. The summed E-state index contributed by atoms with van der Waals surface area (Å²) in [5.41, 5.74) is 0.985. The third-order valence-corrected chi connectivity index (χ3v) is 3.17. The van der Waals surface area contributed by atoms with Gasteiger partial charge in [-0.1, -0.05) is 6.07 Å². The molecule has 1 saturated heterocycles. The lowest BCUT2D eigenvalue weighted by Gasteiger charge is -2.35. The number of nitrogens with one attached hydrogen (secondary N) is 1. The summed E-state index contributed by atoms with van der Waals surface area (Å²) >= 11 is 0. The van der Waals surface area contributed by atoms with E-state index in [-0.39, 0.29) is 6.04 Å². The van der Waals surface area contributed by atoms with Crippen LogP contribution in [0.4, 0.5) is 0 Å². The number of hydrogen-bond donors (Lipinski definition) is 2. The van der Waals surface area contributed by atoms with Crippen molar-refractivity contribution in [2.24, 2.45) is 0 Å². The first-order valence-corrected chi connectivity index (χ1v) is 5.79. The number of piperazine rings is 1. The lowest BCUT2D eigenvalue weighted by Crippen LogP contribution is -2.54. The van der Waals surface area contributed by atoms with Crippen LogP contribution in [0.2, 0.25) is 0 Å². The Bertz CT molecular complexity index is 383. The summed E-state index contributed by atoms with van der Waals surface area (Å²) < 4.78 is 0. The molecule has 0 saturated carbocycles. The molecule has 1 fully saturated rings. The molecule has 0 aliphatic carbocycles. The summed E-state index contributed by atoms with van der Waals surface area (Å²) in [6.07, 6.45) is 1.77. The zero-order valence-corrected chi connectivity index (χ0v) is 9.84. The first-order chi connectivity index (χ1) is 8.18. The standard InChI is InChI=1S/C12H17N3O2/c1-9(10-4-2-3-5-13-10)15-7-6-14-11(8-15)12(16)17/h2-5,9,11,14H,6-8H2,1H3,(H,16,17)/t9-,11+/m1/s1. The third kappa shape index (κ3) is 2.81. The zero-order chi connectivity index (χ0) is 12.3. The molecule has 0 bridgehead atoms. The van der Waals surface area contributed by atoms with E-state index in [1.165, 1.54) is 0 Å². The van der Waals surface area contributed by atoms with E-state index in [2.05, 4.69) is 22.1 Å². The number of hydrogen-bond acceptors (Lipinski definition) is 4. The molecule has 92 valence electrons. The first kappa shape index (κ1) is 12.0. The SMILES string of the molecule is C[C@H](c1ccccn1)N1CCN[C@H](C(=O)O)C1. The van der Waals surface area contributed by atoms with E-state index in [1.807, 2.05) is 18.2 Å². The third-order valence-electron chi connectivity index (χ3n) is 3.17. The van der Waals surface area contributed by atoms with Crippen LogP contribution in [0.5, 0.6) is 0 Å². The van der Waals surface area contributed by atoms with Crippen molar-refractivity contribution in [1.82, 2.24) is 15.2 Å². The number of pyridine rings is 1. The average molecular weight is 235 g/mol. The van der Waals surface area contributed by atoms with Crippen molar-refractivity contribution < 1.29 is 9.90 Å². The Morgan fingerprint density at radius 3 is 3.12 bits per heavy atom. The van der Waals surface area contributed by atoms with Crippen molar-refractivity contribution in [3.63, 3.8) is 0 Å². The van der Waals surface area contributed by atoms with E-state index in [1.54, 1.807) is 6.20 Å². The van der Waals surface area contributed by atoms with Gasteiger partial charge in [-0.3, -0.25) is 14.7 Å². The molecule has 1 aliphatic rings. The average Bonchev–Trinajstić information content (AvgIpc) is 2.39. The Morgan fingerprint density at radius 1 is 1.65 bits per heavy atom. The van der Waals surface area contributed by atoms with E-state index in [9.17, 15) is 4.79 Å². The number of carbonyl (C=O) groups is 1. The van der Waals surface area contributed by atoms with Gasteiger partial charge in [0.1, 0.15) is 6.04 Å². The van der Waals surface area contributed by atoms with Crippen LogP contribution in [0.3, 0.4) is 0 Å². The smallest absolute Gasteiger partial charge is 0.322 e. The van der Waals surface area contributed by atoms with Gasteiger partial charge in [0, 0.05) is 31.9 Å². The van der Waals surface area contributed by atoms with E-state index >= 15 is 0 Å². The maximum Gasteiger partial charge on any atom is 0.322 e. The molecule has 2 atom stereocenters. The number of carboxylic acid groups (broad SMARTS) is 1. The monoisotopic (exact) mass is 235 g/mol. The zero-order valence-electron chi connectivity index (χ0n) is 9.84. The molecule has 1 aliphatic heterocycles. The molecule has 17 heavy (non-hydrogen) atoms. The molecule has 1 aromatic heterocycles. The van der Waals surface area contributed by atoms with Crippen molar-refractivity contribution in [3.8, 4) is 0 Å². The number of aliphatic carboxylic acids is 1. The second kappa shape index (κ2) is 5.25. The molecule has 0 spiro atoms. The fourth-order valence-electron chi connectivity index (χ4n) is 2.10. The van der Waals surface area contributed by atoms with Crippen LogP contribution in [0.25, 0.3) is 0 Å². The van der Waals surface area contributed by atoms with Gasteiger partial charge < -0.3 is 10.4 Å². The maximum absolute atomic E-state index is 11.0. The second-order valence-electron chi connectivity index (χ2n) is 4.27. The van der Waals surface area contributed by atoms with Crippen molar-refractivity contribution in [1.29, 1.82) is 0 Å². The molecule has 2 N–H and O–H groups in total. The Balaban J connectivity index is 2.05. The molecular formula is C12H17N3O2. The van der Waals surface area contributed by atoms with Crippen LogP contribution >= 0.6 is 0 Å². The van der Waals surface area contributed by atoms with Gasteiger partial charge >= 0.3 is 5.97 Å². The topological polar surface area (TPSA) is 65.5 Å². The fraction of sp³-hybridized carbons (Fsp3) is 0.500. The van der Waals surface area contributed by atoms with Gasteiger partial charge in [-0.25, -0.2) is 0 Å². The van der Waals surface area contributed by atoms with Gasteiger partial charge in [0.2, 0.25) is 0 Å². The van der Waals surface area contributed by atoms with Crippen LogP contribution in [0.1, 0.15) is 18.7 Å². The van der Waals surface area contributed by atoms with Crippen LogP contribution in [0, 0.1) is 0 Å². The highest BCUT2D eigenvalue weighted by atomic mass is 16.4. The number of carboxylic acids is 1. The van der Waals surface area contributed by atoms with Crippen LogP contribution in [0.15, 0.2) is 24.4 Å². The maximum atomic E-state index is 11.0. The second-order valence-corrected chi connectivity index (χ2v) is 4.27. The summed E-state index contributed by atoms with van der Waals surface area (Å²) in [4.78, 5) is 17.4. The van der Waals surface area contributed by atoms with E-state index < -0.39 is 12.0 Å².